The zero-order chi connectivity index (χ0) is 12.5. The third-order valence-corrected chi connectivity index (χ3v) is 3.51. The van der Waals surface area contributed by atoms with Gasteiger partial charge < -0.3 is 9.64 Å². The molecule has 3 heteroatoms. The van der Waals surface area contributed by atoms with Gasteiger partial charge >= 0.3 is 6.09 Å². The summed E-state index contributed by atoms with van der Waals surface area (Å²) in [6, 6.07) is 0. The normalized spacial score (nSPS) is 16.8. The van der Waals surface area contributed by atoms with E-state index < -0.39 is 0 Å². The van der Waals surface area contributed by atoms with Crippen LogP contribution in [-0.4, -0.2) is 30.7 Å². The zero-order valence-corrected chi connectivity index (χ0v) is 11.4. The number of hydrogen-bond acceptors (Lipinski definition) is 2. The molecule has 0 aromatic heterocycles. The van der Waals surface area contributed by atoms with E-state index >= 15 is 0 Å². The summed E-state index contributed by atoms with van der Waals surface area (Å²) in [6.45, 7) is 6.26. The largest absolute Gasteiger partial charge is 0.450 e. The Bertz CT molecular complexity index is 212. The summed E-state index contributed by atoms with van der Waals surface area (Å²) in [6.07, 6.45) is 8.66. The van der Waals surface area contributed by atoms with Crippen molar-refractivity contribution in [1.82, 2.24) is 4.90 Å². The van der Waals surface area contributed by atoms with Crippen LogP contribution in [0.5, 0.6) is 0 Å². The van der Waals surface area contributed by atoms with Gasteiger partial charge in [-0.3, -0.25) is 0 Å². The molecule has 0 N–H and O–H groups in total. The van der Waals surface area contributed by atoms with Crippen LogP contribution in [0.3, 0.4) is 0 Å². The number of carbonyl (C=O) groups is 1. The maximum atomic E-state index is 11.8. The van der Waals surface area contributed by atoms with Crippen LogP contribution in [0.15, 0.2) is 0 Å². The summed E-state index contributed by atoms with van der Waals surface area (Å²) in [5, 5.41) is 0. The van der Waals surface area contributed by atoms with Crippen LogP contribution < -0.4 is 0 Å². The van der Waals surface area contributed by atoms with Crippen LogP contribution in [0, 0.1) is 5.92 Å². The van der Waals surface area contributed by atoms with Crippen molar-refractivity contribution in [2.75, 3.05) is 19.7 Å². The highest BCUT2D eigenvalue weighted by Gasteiger charge is 2.21. The molecule has 1 rings (SSSR count). The summed E-state index contributed by atoms with van der Waals surface area (Å²) in [5.74, 6) is 0.699. The number of rotatable bonds is 6. The first kappa shape index (κ1) is 14.3. The van der Waals surface area contributed by atoms with E-state index in [-0.39, 0.29) is 6.09 Å². The zero-order valence-electron chi connectivity index (χ0n) is 11.4. The molecule has 3 nitrogen and oxygen atoms in total. The molecule has 0 bridgehead atoms. The predicted octanol–water partition coefficient (Wildman–Crippen LogP) is 3.83. The Hall–Kier alpha value is -0.730. The highest BCUT2D eigenvalue weighted by Crippen LogP contribution is 2.24. The van der Waals surface area contributed by atoms with Crippen molar-refractivity contribution in [3.8, 4) is 0 Å². The lowest BCUT2D eigenvalue weighted by atomic mass is 9.89. The fraction of sp³-hybridized carbons (Fsp3) is 0.929. The lowest BCUT2D eigenvalue weighted by Gasteiger charge is -2.29. The van der Waals surface area contributed by atoms with Crippen LogP contribution in [-0.2, 0) is 4.74 Å². The quantitative estimate of drug-likeness (QED) is 0.707. The van der Waals surface area contributed by atoms with E-state index in [4.69, 9.17) is 4.74 Å². The topological polar surface area (TPSA) is 29.5 Å². The monoisotopic (exact) mass is 241 g/mol. The van der Waals surface area contributed by atoms with Gasteiger partial charge in [-0.15, -0.1) is 0 Å². The van der Waals surface area contributed by atoms with E-state index in [0.29, 0.717) is 12.5 Å². The lowest BCUT2D eigenvalue weighted by Crippen LogP contribution is -2.37. The minimum absolute atomic E-state index is 0.119. The Balaban J connectivity index is 2.40. The molecule has 1 saturated carbocycles. The van der Waals surface area contributed by atoms with Gasteiger partial charge in [0.05, 0.1) is 6.61 Å². The van der Waals surface area contributed by atoms with Gasteiger partial charge in [0.1, 0.15) is 0 Å². The number of ether oxygens (including phenoxy) is 1. The van der Waals surface area contributed by atoms with Gasteiger partial charge in [0, 0.05) is 13.1 Å². The first-order chi connectivity index (χ1) is 8.27. The van der Waals surface area contributed by atoms with Gasteiger partial charge in [0.2, 0.25) is 0 Å². The number of unbranched alkanes of at least 4 members (excludes halogenated alkanes) is 1. The standard InChI is InChI=1S/C14H27NO2/c1-3-5-11-15(14(16)17-4-2)12-13-9-7-6-8-10-13/h13H,3-12H2,1-2H3. The van der Waals surface area contributed by atoms with Crippen molar-refractivity contribution in [3.63, 3.8) is 0 Å². The first-order valence-corrected chi connectivity index (χ1v) is 7.19. The summed E-state index contributed by atoms with van der Waals surface area (Å²) >= 11 is 0. The maximum absolute atomic E-state index is 11.8. The number of amides is 1. The smallest absolute Gasteiger partial charge is 0.409 e. The molecule has 0 aliphatic heterocycles. The van der Waals surface area contributed by atoms with Crippen LogP contribution in [0.2, 0.25) is 0 Å². The van der Waals surface area contributed by atoms with E-state index in [1.807, 2.05) is 11.8 Å². The van der Waals surface area contributed by atoms with E-state index in [2.05, 4.69) is 6.92 Å². The molecule has 1 aliphatic rings. The average molecular weight is 241 g/mol. The van der Waals surface area contributed by atoms with Gasteiger partial charge in [0.25, 0.3) is 0 Å². The Labute approximate surface area is 106 Å². The third-order valence-electron chi connectivity index (χ3n) is 3.51. The van der Waals surface area contributed by atoms with E-state index in [1.54, 1.807) is 0 Å². The van der Waals surface area contributed by atoms with Gasteiger partial charge in [-0.2, -0.15) is 0 Å². The van der Waals surface area contributed by atoms with Gasteiger partial charge in [0.15, 0.2) is 0 Å². The minimum atomic E-state index is -0.119. The van der Waals surface area contributed by atoms with Crippen LogP contribution in [0.1, 0.15) is 58.8 Å². The predicted molar refractivity (Wildman–Crippen MR) is 70.1 cm³/mol. The fourth-order valence-corrected chi connectivity index (χ4v) is 2.50. The van der Waals surface area contributed by atoms with Crippen molar-refractivity contribution in [1.29, 1.82) is 0 Å². The number of nitrogens with zero attached hydrogens (tertiary/aromatic N) is 1. The molecule has 1 amide bonds. The molecular weight excluding hydrogens is 214 g/mol. The molecule has 1 aliphatic carbocycles. The molecule has 0 unspecified atom stereocenters. The molecule has 0 radical (unpaired) electrons. The third kappa shape index (κ3) is 5.42. The van der Waals surface area contributed by atoms with Gasteiger partial charge in [-0.05, 0) is 32.1 Å². The second kappa shape index (κ2) is 8.37. The molecule has 1 fully saturated rings. The van der Waals surface area contributed by atoms with Crippen molar-refractivity contribution < 1.29 is 9.53 Å². The molecule has 0 aromatic rings. The second-order valence-corrected chi connectivity index (χ2v) is 5.00. The molecule has 0 saturated heterocycles. The highest BCUT2D eigenvalue weighted by atomic mass is 16.6. The minimum Gasteiger partial charge on any atom is -0.450 e. The molecule has 17 heavy (non-hydrogen) atoms. The number of hydrogen-bond donors (Lipinski definition) is 0. The summed E-state index contributed by atoms with van der Waals surface area (Å²) < 4.78 is 5.13. The molecule has 0 spiro atoms. The van der Waals surface area contributed by atoms with Crippen molar-refractivity contribution in [2.45, 2.75) is 58.8 Å². The molecule has 0 atom stereocenters. The molecule has 100 valence electrons. The summed E-state index contributed by atoms with van der Waals surface area (Å²) in [4.78, 5) is 13.7. The Kier molecular flexibility index (Phi) is 7.06. The second-order valence-electron chi connectivity index (χ2n) is 5.00. The van der Waals surface area contributed by atoms with E-state index in [1.165, 1.54) is 32.1 Å². The Morgan fingerprint density at radius 1 is 1.24 bits per heavy atom. The molecule has 0 heterocycles. The van der Waals surface area contributed by atoms with Gasteiger partial charge in [-0.1, -0.05) is 32.6 Å². The van der Waals surface area contributed by atoms with Crippen LogP contribution >= 0.6 is 0 Å². The maximum Gasteiger partial charge on any atom is 0.409 e. The van der Waals surface area contributed by atoms with Crippen LogP contribution in [0.4, 0.5) is 4.79 Å². The molecular formula is C14H27NO2. The van der Waals surface area contributed by atoms with Crippen LogP contribution in [0.25, 0.3) is 0 Å². The SMILES string of the molecule is CCCCN(CC1CCCCC1)C(=O)OCC. The summed E-state index contributed by atoms with van der Waals surface area (Å²) in [5.41, 5.74) is 0. The van der Waals surface area contributed by atoms with Gasteiger partial charge in [-0.25, -0.2) is 4.79 Å². The lowest BCUT2D eigenvalue weighted by molar-refractivity contribution is 0.0963. The van der Waals surface area contributed by atoms with Crippen molar-refractivity contribution in [2.24, 2.45) is 5.92 Å². The first-order valence-electron chi connectivity index (χ1n) is 7.19. The van der Waals surface area contributed by atoms with Crippen molar-refractivity contribution >= 4 is 6.09 Å². The van der Waals surface area contributed by atoms with E-state index in [9.17, 15) is 4.79 Å². The Morgan fingerprint density at radius 2 is 1.94 bits per heavy atom. The van der Waals surface area contributed by atoms with Crippen molar-refractivity contribution in [3.05, 3.63) is 0 Å². The highest BCUT2D eigenvalue weighted by molar-refractivity contribution is 5.67. The Morgan fingerprint density at radius 3 is 2.53 bits per heavy atom. The number of carbonyl (C=O) groups excluding carboxylic acids is 1. The summed E-state index contributed by atoms with van der Waals surface area (Å²) in [7, 11) is 0. The fourth-order valence-electron chi connectivity index (χ4n) is 2.50. The molecule has 0 aromatic carbocycles. The van der Waals surface area contributed by atoms with E-state index in [0.717, 1.165) is 25.9 Å². The average Bonchev–Trinajstić information content (AvgIpc) is 2.36.